The second kappa shape index (κ2) is 6.05. The second-order valence-corrected chi connectivity index (χ2v) is 4.11. The molecule has 0 unspecified atom stereocenters. The molecule has 1 aromatic rings. The smallest absolute Gasteiger partial charge is 0.410 e. The van der Waals surface area contributed by atoms with Crippen molar-refractivity contribution in [1.82, 2.24) is 9.80 Å². The van der Waals surface area contributed by atoms with Gasteiger partial charge in [0.2, 0.25) is 0 Å². The molecule has 0 spiro atoms. The minimum Gasteiger partial charge on any atom is -0.445 e. The van der Waals surface area contributed by atoms with E-state index in [4.69, 9.17) is 4.74 Å². The van der Waals surface area contributed by atoms with E-state index >= 15 is 0 Å². The third kappa shape index (κ3) is 3.23. The summed E-state index contributed by atoms with van der Waals surface area (Å²) < 4.78 is 5.21. The third-order valence-corrected chi connectivity index (χ3v) is 2.87. The summed E-state index contributed by atoms with van der Waals surface area (Å²) in [5.41, 5.74) is 0.964. The molecule has 0 N–H and O–H groups in total. The van der Waals surface area contributed by atoms with Gasteiger partial charge in [0.25, 0.3) is 0 Å². The molecule has 18 heavy (non-hydrogen) atoms. The molecule has 2 rings (SSSR count). The summed E-state index contributed by atoms with van der Waals surface area (Å²) in [4.78, 5) is 25.3. The lowest BCUT2D eigenvalue weighted by Crippen LogP contribution is -2.48. The molecule has 0 aromatic heterocycles. The van der Waals surface area contributed by atoms with Crippen molar-refractivity contribution in [3.8, 4) is 0 Å². The summed E-state index contributed by atoms with van der Waals surface area (Å²) >= 11 is 0. The van der Waals surface area contributed by atoms with Crippen LogP contribution in [0.1, 0.15) is 5.56 Å². The van der Waals surface area contributed by atoms with E-state index in [-0.39, 0.29) is 12.7 Å². The number of hydrogen-bond acceptors (Lipinski definition) is 3. The first kappa shape index (κ1) is 12.4. The van der Waals surface area contributed by atoms with Crippen molar-refractivity contribution in [2.24, 2.45) is 0 Å². The van der Waals surface area contributed by atoms with Gasteiger partial charge in [0, 0.05) is 26.2 Å². The van der Waals surface area contributed by atoms with Gasteiger partial charge in [0.15, 0.2) is 0 Å². The molecule has 0 saturated carbocycles. The molecule has 5 heteroatoms. The molecular formula is C13H15N2O3. The highest BCUT2D eigenvalue weighted by Crippen LogP contribution is 2.05. The Kier molecular flexibility index (Phi) is 4.17. The predicted molar refractivity (Wildman–Crippen MR) is 65.5 cm³/mol. The Bertz CT molecular complexity index is 400. The topological polar surface area (TPSA) is 49.9 Å². The van der Waals surface area contributed by atoms with E-state index in [2.05, 4.69) is 0 Å². The summed E-state index contributed by atoms with van der Waals surface area (Å²) in [6.07, 6.45) is 1.50. The molecule has 1 saturated heterocycles. The van der Waals surface area contributed by atoms with E-state index in [9.17, 15) is 9.59 Å². The molecule has 1 fully saturated rings. The lowest BCUT2D eigenvalue weighted by Gasteiger charge is -2.31. The maximum absolute atomic E-state index is 11.8. The van der Waals surface area contributed by atoms with Crippen LogP contribution >= 0.6 is 0 Å². The van der Waals surface area contributed by atoms with Crippen LogP contribution in [0.15, 0.2) is 30.3 Å². The largest absolute Gasteiger partial charge is 0.445 e. The van der Waals surface area contributed by atoms with Gasteiger partial charge in [0.05, 0.1) is 0 Å². The van der Waals surface area contributed by atoms with Crippen molar-refractivity contribution in [3.05, 3.63) is 35.9 Å². The van der Waals surface area contributed by atoms with Crippen molar-refractivity contribution in [3.63, 3.8) is 0 Å². The fourth-order valence-corrected chi connectivity index (χ4v) is 1.79. The summed E-state index contributed by atoms with van der Waals surface area (Å²) in [5, 5.41) is 0. The first-order valence-electron chi connectivity index (χ1n) is 5.88. The molecule has 0 atom stereocenters. The van der Waals surface area contributed by atoms with Crippen LogP contribution in [-0.2, 0) is 16.1 Å². The van der Waals surface area contributed by atoms with Crippen LogP contribution in [0.3, 0.4) is 0 Å². The zero-order valence-electron chi connectivity index (χ0n) is 10.0. The van der Waals surface area contributed by atoms with Crippen LogP contribution in [0.25, 0.3) is 0 Å². The van der Waals surface area contributed by atoms with Crippen molar-refractivity contribution in [2.75, 3.05) is 26.2 Å². The van der Waals surface area contributed by atoms with Gasteiger partial charge in [-0.15, -0.1) is 0 Å². The third-order valence-electron chi connectivity index (χ3n) is 2.87. The highest BCUT2D eigenvalue weighted by Gasteiger charge is 2.21. The number of benzene rings is 1. The highest BCUT2D eigenvalue weighted by molar-refractivity contribution is 5.68. The molecule has 1 radical (unpaired) electrons. The SMILES string of the molecule is O=[C]N1CCN(C(=O)OCc2ccccc2)CC1. The van der Waals surface area contributed by atoms with E-state index in [0.717, 1.165) is 5.56 Å². The van der Waals surface area contributed by atoms with E-state index in [1.165, 1.54) is 4.90 Å². The fourth-order valence-electron chi connectivity index (χ4n) is 1.79. The number of piperazine rings is 1. The molecule has 0 bridgehead atoms. The van der Waals surface area contributed by atoms with Gasteiger partial charge in [-0.2, -0.15) is 0 Å². The summed E-state index contributed by atoms with van der Waals surface area (Å²) in [6, 6.07) is 9.54. The average molecular weight is 247 g/mol. The van der Waals surface area contributed by atoms with Gasteiger partial charge in [-0.05, 0) is 5.56 Å². The zero-order chi connectivity index (χ0) is 12.8. The van der Waals surface area contributed by atoms with Crippen molar-refractivity contribution in [1.29, 1.82) is 0 Å². The van der Waals surface area contributed by atoms with Crippen LogP contribution in [-0.4, -0.2) is 48.5 Å². The van der Waals surface area contributed by atoms with E-state index in [0.29, 0.717) is 26.2 Å². The molecule has 5 nitrogen and oxygen atoms in total. The summed E-state index contributed by atoms with van der Waals surface area (Å²) in [7, 11) is 0. The molecule has 1 aliphatic rings. The first-order chi connectivity index (χ1) is 8.79. The number of nitrogens with zero attached hydrogens (tertiary/aromatic N) is 2. The van der Waals surface area contributed by atoms with Crippen LogP contribution in [0, 0.1) is 0 Å². The molecule has 1 heterocycles. The van der Waals surface area contributed by atoms with E-state index in [1.54, 1.807) is 4.90 Å². The van der Waals surface area contributed by atoms with Crippen LogP contribution in [0.2, 0.25) is 0 Å². The van der Waals surface area contributed by atoms with Gasteiger partial charge in [0.1, 0.15) is 6.61 Å². The number of rotatable bonds is 3. The molecular weight excluding hydrogens is 232 g/mol. The Morgan fingerprint density at radius 3 is 2.44 bits per heavy atom. The maximum atomic E-state index is 11.8. The number of amides is 2. The van der Waals surface area contributed by atoms with Crippen molar-refractivity contribution >= 4 is 12.5 Å². The van der Waals surface area contributed by atoms with Crippen LogP contribution < -0.4 is 0 Å². The Morgan fingerprint density at radius 2 is 1.83 bits per heavy atom. The molecule has 1 aromatic carbocycles. The lowest BCUT2D eigenvalue weighted by atomic mass is 10.2. The Hall–Kier alpha value is -2.04. The van der Waals surface area contributed by atoms with Gasteiger partial charge in [-0.1, -0.05) is 30.3 Å². The molecule has 1 aliphatic heterocycles. The lowest BCUT2D eigenvalue weighted by molar-refractivity contribution is 0.0821. The fraction of sp³-hybridized carbons (Fsp3) is 0.385. The predicted octanol–water partition coefficient (Wildman–Crippen LogP) is 1.01. The molecule has 95 valence electrons. The van der Waals surface area contributed by atoms with Crippen molar-refractivity contribution < 1.29 is 14.3 Å². The zero-order valence-corrected chi connectivity index (χ0v) is 10.0. The average Bonchev–Trinajstić information content (AvgIpc) is 2.46. The quantitative estimate of drug-likeness (QED) is 0.801. The number of carbonyl (C=O) groups is 1. The minimum absolute atomic E-state index is 0.277. The number of ether oxygens (including phenoxy) is 1. The highest BCUT2D eigenvalue weighted by atomic mass is 16.6. The molecule has 2 amide bonds. The maximum Gasteiger partial charge on any atom is 0.410 e. The minimum atomic E-state index is -0.329. The van der Waals surface area contributed by atoms with E-state index < -0.39 is 0 Å². The summed E-state index contributed by atoms with van der Waals surface area (Å²) in [6.45, 7) is 2.32. The standard InChI is InChI=1S/C13H15N2O3/c16-11-14-6-8-15(9-7-14)13(17)18-10-12-4-2-1-3-5-12/h1-5H,6-10H2. The van der Waals surface area contributed by atoms with Crippen LogP contribution in [0.5, 0.6) is 0 Å². The van der Waals surface area contributed by atoms with Gasteiger partial charge in [-0.25, -0.2) is 4.79 Å². The number of carbonyl (C=O) groups excluding carboxylic acids is 2. The molecule has 0 aliphatic carbocycles. The Labute approximate surface area is 106 Å². The summed E-state index contributed by atoms with van der Waals surface area (Å²) in [5.74, 6) is 0. The van der Waals surface area contributed by atoms with E-state index in [1.807, 2.05) is 36.7 Å². The Morgan fingerprint density at radius 1 is 1.17 bits per heavy atom. The second-order valence-electron chi connectivity index (χ2n) is 4.11. The van der Waals surface area contributed by atoms with Crippen LogP contribution in [0.4, 0.5) is 4.79 Å². The van der Waals surface area contributed by atoms with Gasteiger partial charge in [-0.3, -0.25) is 4.79 Å². The van der Waals surface area contributed by atoms with Gasteiger partial charge >= 0.3 is 12.5 Å². The monoisotopic (exact) mass is 247 g/mol. The first-order valence-corrected chi connectivity index (χ1v) is 5.88. The van der Waals surface area contributed by atoms with Crippen molar-refractivity contribution in [2.45, 2.75) is 6.61 Å². The number of hydrogen-bond donors (Lipinski definition) is 0. The Balaban J connectivity index is 1.77. The normalized spacial score (nSPS) is 15.3. The van der Waals surface area contributed by atoms with Gasteiger partial charge < -0.3 is 14.5 Å².